The second-order valence-corrected chi connectivity index (χ2v) is 11.3. The smallest absolute Gasteiger partial charge is 0.748 e. The third-order valence-corrected chi connectivity index (χ3v) is 7.57. The molecule has 0 spiro atoms. The van der Waals surface area contributed by atoms with Crippen LogP contribution in [0, 0.1) is 0 Å². The largest absolute Gasteiger partial charge is 1.00 e. The zero-order chi connectivity index (χ0) is 26.7. The molecule has 0 radical (unpaired) electrons. The molecule has 0 amide bonds. The number of carbonyl (C=O) groups is 2. The van der Waals surface area contributed by atoms with Crippen LogP contribution in [0.5, 0.6) is 0 Å². The van der Waals surface area contributed by atoms with Crippen LogP contribution in [0.25, 0.3) is 0 Å². The second-order valence-electron chi connectivity index (χ2n) is 9.51. The summed E-state index contributed by atoms with van der Waals surface area (Å²) >= 11 is 0. The van der Waals surface area contributed by atoms with Gasteiger partial charge in [-0.3, -0.25) is 0 Å². The molecule has 7 nitrogen and oxygen atoms in total. The fourth-order valence-corrected chi connectivity index (χ4v) is 4.30. The zero-order valence-corrected chi connectivity index (χ0v) is 27.1. The van der Waals surface area contributed by atoms with Gasteiger partial charge in [0, 0.05) is 5.25 Å². The molecule has 0 heterocycles. The molecular formula is C28H45KO7S. The van der Waals surface area contributed by atoms with Crippen molar-refractivity contribution in [2.75, 3.05) is 13.2 Å². The quantitative estimate of drug-likeness (QED) is 0.0966. The van der Waals surface area contributed by atoms with Crippen LogP contribution in [0.3, 0.4) is 0 Å². The van der Waals surface area contributed by atoms with Crippen LogP contribution in [0.2, 0.25) is 0 Å². The van der Waals surface area contributed by atoms with E-state index in [1.807, 2.05) is 0 Å². The number of ether oxygens (including phenoxy) is 2. The molecule has 0 aliphatic heterocycles. The Morgan fingerprint density at radius 1 is 0.730 bits per heavy atom. The van der Waals surface area contributed by atoms with Crippen molar-refractivity contribution in [3.05, 3.63) is 35.4 Å². The maximum atomic E-state index is 12.5. The molecule has 0 bridgehead atoms. The van der Waals surface area contributed by atoms with Crippen LogP contribution >= 0.6 is 0 Å². The Balaban J connectivity index is 0.0000130. The van der Waals surface area contributed by atoms with Gasteiger partial charge in [-0.1, -0.05) is 103 Å². The van der Waals surface area contributed by atoms with E-state index in [-0.39, 0.29) is 75.5 Å². The van der Waals surface area contributed by atoms with Gasteiger partial charge in [-0.25, -0.2) is 18.0 Å². The first-order chi connectivity index (χ1) is 17.3. The van der Waals surface area contributed by atoms with Crippen LogP contribution in [-0.2, 0) is 19.6 Å². The summed E-state index contributed by atoms with van der Waals surface area (Å²) in [5.74, 6) is -1.35. The predicted octanol–water partition coefficient (Wildman–Crippen LogP) is 3.81. The maximum absolute atomic E-state index is 12.5. The van der Waals surface area contributed by atoms with Gasteiger partial charge >= 0.3 is 63.3 Å². The van der Waals surface area contributed by atoms with Gasteiger partial charge in [0.15, 0.2) is 0 Å². The third kappa shape index (κ3) is 17.8. The molecule has 0 aliphatic carbocycles. The fraction of sp³-hybridized carbons (Fsp3) is 0.714. The van der Waals surface area contributed by atoms with Gasteiger partial charge in [-0.2, -0.15) is 0 Å². The van der Waals surface area contributed by atoms with Crippen LogP contribution in [0.15, 0.2) is 24.3 Å². The Bertz CT molecular complexity index is 858. The first kappa shape index (κ1) is 36.7. The summed E-state index contributed by atoms with van der Waals surface area (Å²) in [6, 6.07) is 6.19. The van der Waals surface area contributed by atoms with E-state index >= 15 is 0 Å². The molecule has 206 valence electrons. The third-order valence-electron chi connectivity index (χ3n) is 6.35. The van der Waals surface area contributed by atoms with E-state index in [1.165, 1.54) is 89.7 Å². The molecule has 1 aromatic rings. The molecule has 0 saturated heterocycles. The molecule has 0 aliphatic rings. The Morgan fingerprint density at radius 2 is 1.11 bits per heavy atom. The summed E-state index contributed by atoms with van der Waals surface area (Å²) in [4.78, 5) is 24.8. The monoisotopic (exact) mass is 564 g/mol. The number of hydrogen-bond acceptors (Lipinski definition) is 7. The Kier molecular flexibility index (Phi) is 22.3. The van der Waals surface area contributed by atoms with E-state index in [0.717, 1.165) is 19.3 Å². The summed E-state index contributed by atoms with van der Waals surface area (Å²) < 4.78 is 43.2. The van der Waals surface area contributed by atoms with Gasteiger partial charge in [-0.15, -0.1) is 0 Å². The molecule has 0 fully saturated rings. The number of esters is 2. The van der Waals surface area contributed by atoms with Crippen LogP contribution in [-0.4, -0.2) is 43.4 Å². The fourth-order valence-electron chi connectivity index (χ4n) is 3.92. The van der Waals surface area contributed by atoms with Crippen molar-refractivity contribution in [2.24, 2.45) is 0 Å². The van der Waals surface area contributed by atoms with Gasteiger partial charge in [0.05, 0.1) is 34.5 Å². The topological polar surface area (TPSA) is 110 Å². The Labute approximate surface area is 267 Å². The number of benzene rings is 1. The van der Waals surface area contributed by atoms with E-state index in [1.54, 1.807) is 12.1 Å². The van der Waals surface area contributed by atoms with Crippen molar-refractivity contribution in [1.82, 2.24) is 0 Å². The summed E-state index contributed by atoms with van der Waals surface area (Å²) in [5, 5.41) is -1.16. The van der Waals surface area contributed by atoms with Gasteiger partial charge in [0.25, 0.3) is 0 Å². The molecule has 1 aromatic carbocycles. The van der Waals surface area contributed by atoms with E-state index < -0.39 is 27.3 Å². The average molecular weight is 565 g/mol. The van der Waals surface area contributed by atoms with Gasteiger partial charge in [0.1, 0.15) is 0 Å². The standard InChI is InChI=1S/C28H46O7S.K/c1-3-4-5-6-7-8-9-10-11-12-13-14-15-18-22-34-27(29)25-19-16-17-20-26(25)28(30)35-23-21-24(2)36(31,32)33;/h16-17,19-20,24H,3-15,18,21-23H2,1-2H3,(H,31,32,33);/q;+1/p-1. The molecule has 1 unspecified atom stereocenters. The zero-order valence-electron chi connectivity index (χ0n) is 23.2. The minimum atomic E-state index is -4.43. The van der Waals surface area contributed by atoms with Crippen molar-refractivity contribution in [3.8, 4) is 0 Å². The Hall–Kier alpha value is -0.294. The number of unbranched alkanes of at least 4 members (excludes halogenated alkanes) is 13. The molecule has 37 heavy (non-hydrogen) atoms. The molecule has 0 aromatic heterocycles. The minimum absolute atomic E-state index is 0. The van der Waals surface area contributed by atoms with Gasteiger partial charge in [-0.05, 0) is 31.9 Å². The summed E-state index contributed by atoms with van der Waals surface area (Å²) in [6.45, 7) is 3.57. The van der Waals surface area contributed by atoms with E-state index in [0.29, 0.717) is 6.61 Å². The van der Waals surface area contributed by atoms with Crippen molar-refractivity contribution >= 4 is 22.1 Å². The van der Waals surface area contributed by atoms with Crippen LogP contribution < -0.4 is 51.4 Å². The van der Waals surface area contributed by atoms with Crippen LogP contribution in [0.1, 0.15) is 131 Å². The number of rotatable bonds is 21. The predicted molar refractivity (Wildman–Crippen MR) is 141 cm³/mol. The molecule has 1 rings (SSSR count). The van der Waals surface area contributed by atoms with Crippen molar-refractivity contribution in [2.45, 2.75) is 115 Å². The normalized spacial score (nSPS) is 12.0. The number of hydrogen-bond donors (Lipinski definition) is 0. The second kappa shape index (κ2) is 22.5. The first-order valence-corrected chi connectivity index (χ1v) is 15.1. The summed E-state index contributed by atoms with van der Waals surface area (Å²) in [5.41, 5.74) is 0.165. The van der Waals surface area contributed by atoms with Crippen molar-refractivity contribution < 1.29 is 83.4 Å². The summed E-state index contributed by atoms with van der Waals surface area (Å²) in [7, 11) is -4.43. The molecule has 0 N–H and O–H groups in total. The van der Waals surface area contributed by atoms with E-state index in [2.05, 4.69) is 6.92 Å². The summed E-state index contributed by atoms with van der Waals surface area (Å²) in [6.07, 6.45) is 17.4. The van der Waals surface area contributed by atoms with Gasteiger partial charge in [0.2, 0.25) is 0 Å². The van der Waals surface area contributed by atoms with Crippen molar-refractivity contribution in [3.63, 3.8) is 0 Å². The van der Waals surface area contributed by atoms with E-state index in [4.69, 9.17) is 9.47 Å². The van der Waals surface area contributed by atoms with Gasteiger partial charge < -0.3 is 14.0 Å². The maximum Gasteiger partial charge on any atom is 1.00 e. The van der Waals surface area contributed by atoms with Crippen LogP contribution in [0.4, 0.5) is 0 Å². The van der Waals surface area contributed by atoms with Crippen molar-refractivity contribution in [1.29, 1.82) is 0 Å². The number of carbonyl (C=O) groups excluding carboxylic acids is 2. The van der Waals surface area contributed by atoms with E-state index in [9.17, 15) is 22.6 Å². The molecule has 0 saturated carbocycles. The molecule has 9 heteroatoms. The first-order valence-electron chi connectivity index (χ1n) is 13.6. The molecule has 1 atom stereocenters. The molecular weight excluding hydrogens is 519 g/mol. The SMILES string of the molecule is CCCCCCCCCCCCCCCCOC(=O)c1ccccc1C(=O)OCCC(C)S(=O)(=O)[O-].[K+]. The Morgan fingerprint density at radius 3 is 1.51 bits per heavy atom. The average Bonchev–Trinajstić information content (AvgIpc) is 2.85. The minimum Gasteiger partial charge on any atom is -0.748 e.